The van der Waals surface area contributed by atoms with Crippen molar-refractivity contribution in [1.29, 1.82) is 0 Å². The molecule has 2 aliphatic carbocycles. The smallest absolute Gasteiger partial charge is 0.163 e. The lowest BCUT2D eigenvalue weighted by Gasteiger charge is -2.18. The van der Waals surface area contributed by atoms with E-state index < -0.39 is 0 Å². The minimum absolute atomic E-state index is 0.0709. The summed E-state index contributed by atoms with van der Waals surface area (Å²) in [5.74, 6) is 2.14. The molecule has 0 aliphatic heterocycles. The van der Waals surface area contributed by atoms with E-state index in [1.54, 1.807) is 0 Å². The van der Waals surface area contributed by atoms with Crippen molar-refractivity contribution < 1.29 is 0 Å². The molecule has 0 saturated heterocycles. The van der Waals surface area contributed by atoms with Crippen LogP contribution in [0.25, 0.3) is 44.8 Å². The molecule has 0 N–H and O–H groups in total. The highest BCUT2D eigenvalue weighted by Gasteiger charge is 2.35. The predicted molar refractivity (Wildman–Crippen MR) is 176 cm³/mol. The third-order valence-corrected chi connectivity index (χ3v) is 9.10. The standard InChI is InChI=1S/C41H27N3/c1-2-12-26(13-3-1)27-22-24-28(25-23-27)39-42-40(37-33-18-8-4-14-29(33)30-15-5-9-19-34(30)37)44-41(43-39)38-35-20-10-6-16-31(35)32-17-7-11-21-36(32)38/h1-25,37-38H. The summed E-state index contributed by atoms with van der Waals surface area (Å²) in [4.78, 5) is 15.9. The zero-order valence-electron chi connectivity index (χ0n) is 23.9. The highest BCUT2D eigenvalue weighted by Crippen LogP contribution is 2.49. The van der Waals surface area contributed by atoms with Gasteiger partial charge >= 0.3 is 0 Å². The fraction of sp³-hybridized carbons (Fsp3) is 0.0488. The van der Waals surface area contributed by atoms with E-state index in [0.29, 0.717) is 5.82 Å². The van der Waals surface area contributed by atoms with E-state index in [1.807, 2.05) is 6.07 Å². The molecule has 206 valence electrons. The first-order valence-electron chi connectivity index (χ1n) is 15.1. The highest BCUT2D eigenvalue weighted by atomic mass is 15.0. The normalized spacial score (nSPS) is 13.3. The average Bonchev–Trinajstić information content (AvgIpc) is 3.62. The highest BCUT2D eigenvalue weighted by molar-refractivity contribution is 5.81. The molecule has 0 fully saturated rings. The summed E-state index contributed by atoms with van der Waals surface area (Å²) in [6, 6.07) is 53.7. The Kier molecular flexibility index (Phi) is 5.63. The molecule has 0 amide bonds. The maximum atomic E-state index is 5.36. The van der Waals surface area contributed by atoms with Crippen LogP contribution in [0, 0.1) is 0 Å². The fourth-order valence-corrected chi connectivity index (χ4v) is 7.11. The van der Waals surface area contributed by atoms with Crippen LogP contribution in [0.2, 0.25) is 0 Å². The van der Waals surface area contributed by atoms with E-state index in [-0.39, 0.29) is 11.8 Å². The molecule has 1 heterocycles. The Morgan fingerprint density at radius 2 is 0.636 bits per heavy atom. The third-order valence-electron chi connectivity index (χ3n) is 9.10. The van der Waals surface area contributed by atoms with Crippen LogP contribution in [-0.2, 0) is 0 Å². The molecule has 1 aromatic heterocycles. The zero-order valence-corrected chi connectivity index (χ0v) is 23.9. The Hall–Kier alpha value is -5.67. The molecule has 9 rings (SSSR count). The quantitative estimate of drug-likeness (QED) is 0.215. The summed E-state index contributed by atoms with van der Waals surface area (Å²) in [5.41, 5.74) is 13.3. The SMILES string of the molecule is c1ccc(-c2ccc(-c3nc(C4c5ccccc5-c5ccccc54)nc(C4c5ccccc5-c5ccccc54)n3)cc2)cc1. The average molecular weight is 562 g/mol. The van der Waals surface area contributed by atoms with Crippen molar-refractivity contribution in [2.75, 3.05) is 0 Å². The molecule has 0 unspecified atom stereocenters. The Bertz CT molecular complexity index is 1980. The van der Waals surface area contributed by atoms with Crippen molar-refractivity contribution >= 4 is 0 Å². The largest absolute Gasteiger partial charge is 0.216 e. The van der Waals surface area contributed by atoms with Crippen LogP contribution < -0.4 is 0 Å². The summed E-state index contributed by atoms with van der Waals surface area (Å²) >= 11 is 0. The van der Waals surface area contributed by atoms with Gasteiger partial charge in [0, 0.05) is 5.56 Å². The lowest BCUT2D eigenvalue weighted by molar-refractivity contribution is 0.778. The molecule has 3 heteroatoms. The van der Waals surface area contributed by atoms with Gasteiger partial charge in [0.05, 0.1) is 11.8 Å². The molecule has 0 saturated carbocycles. The number of benzene rings is 6. The van der Waals surface area contributed by atoms with E-state index >= 15 is 0 Å². The minimum atomic E-state index is -0.0709. The second-order valence-corrected chi connectivity index (χ2v) is 11.5. The van der Waals surface area contributed by atoms with Crippen LogP contribution in [-0.4, -0.2) is 15.0 Å². The van der Waals surface area contributed by atoms with Crippen LogP contribution in [0.15, 0.2) is 152 Å². The second-order valence-electron chi connectivity index (χ2n) is 11.5. The number of hydrogen-bond acceptors (Lipinski definition) is 3. The Balaban J connectivity index is 1.26. The first kappa shape index (κ1) is 24.9. The van der Waals surface area contributed by atoms with Gasteiger partial charge in [-0.2, -0.15) is 0 Å². The van der Waals surface area contributed by atoms with Gasteiger partial charge in [-0.25, -0.2) is 15.0 Å². The van der Waals surface area contributed by atoms with Crippen LogP contribution in [0.1, 0.15) is 45.7 Å². The maximum absolute atomic E-state index is 5.36. The van der Waals surface area contributed by atoms with Crippen LogP contribution in [0.3, 0.4) is 0 Å². The molecule has 7 aromatic rings. The molecule has 2 aliphatic rings. The lowest BCUT2D eigenvalue weighted by Crippen LogP contribution is -2.14. The topological polar surface area (TPSA) is 38.7 Å². The van der Waals surface area contributed by atoms with E-state index in [9.17, 15) is 0 Å². The van der Waals surface area contributed by atoms with Gasteiger partial charge in [-0.3, -0.25) is 0 Å². The molecule has 0 bridgehead atoms. The lowest BCUT2D eigenvalue weighted by atomic mass is 9.94. The monoisotopic (exact) mass is 561 g/mol. The Labute approximate surface area is 256 Å². The summed E-state index contributed by atoms with van der Waals surface area (Å²) < 4.78 is 0. The summed E-state index contributed by atoms with van der Waals surface area (Å²) in [6.07, 6.45) is 0. The van der Waals surface area contributed by atoms with Crippen LogP contribution >= 0.6 is 0 Å². The summed E-state index contributed by atoms with van der Waals surface area (Å²) in [6.45, 7) is 0. The number of rotatable bonds is 4. The van der Waals surface area contributed by atoms with Crippen molar-refractivity contribution in [3.8, 4) is 44.8 Å². The third kappa shape index (κ3) is 3.86. The Morgan fingerprint density at radius 3 is 1.07 bits per heavy atom. The Morgan fingerprint density at radius 1 is 0.295 bits per heavy atom. The molecule has 3 nitrogen and oxygen atoms in total. The number of nitrogens with zero attached hydrogens (tertiary/aromatic N) is 3. The molecular weight excluding hydrogens is 534 g/mol. The van der Waals surface area contributed by atoms with Crippen molar-refractivity contribution in [1.82, 2.24) is 15.0 Å². The molecule has 6 aromatic carbocycles. The van der Waals surface area contributed by atoms with E-state index in [2.05, 4.69) is 146 Å². The maximum Gasteiger partial charge on any atom is 0.163 e. The van der Waals surface area contributed by atoms with Crippen molar-refractivity contribution in [2.45, 2.75) is 11.8 Å². The van der Waals surface area contributed by atoms with Gasteiger partial charge in [-0.05, 0) is 55.6 Å². The molecule has 44 heavy (non-hydrogen) atoms. The van der Waals surface area contributed by atoms with Crippen LogP contribution in [0.5, 0.6) is 0 Å². The van der Waals surface area contributed by atoms with Crippen molar-refractivity contribution in [2.24, 2.45) is 0 Å². The molecule has 0 radical (unpaired) electrons. The van der Waals surface area contributed by atoms with Gasteiger partial charge in [0.15, 0.2) is 5.82 Å². The zero-order chi connectivity index (χ0) is 29.0. The minimum Gasteiger partial charge on any atom is -0.216 e. The summed E-state index contributed by atoms with van der Waals surface area (Å²) in [5, 5.41) is 0. The number of aromatic nitrogens is 3. The van der Waals surface area contributed by atoms with E-state index in [4.69, 9.17) is 15.0 Å². The van der Waals surface area contributed by atoms with E-state index in [0.717, 1.165) is 17.2 Å². The van der Waals surface area contributed by atoms with Crippen molar-refractivity contribution in [3.05, 3.63) is 186 Å². The first-order valence-corrected chi connectivity index (χ1v) is 15.1. The molecule has 0 spiro atoms. The summed E-state index contributed by atoms with van der Waals surface area (Å²) in [7, 11) is 0. The molecule has 0 atom stereocenters. The van der Waals surface area contributed by atoms with Gasteiger partial charge in [0.2, 0.25) is 0 Å². The van der Waals surface area contributed by atoms with Gasteiger partial charge < -0.3 is 0 Å². The fourth-order valence-electron chi connectivity index (χ4n) is 7.11. The first-order chi connectivity index (χ1) is 21.8. The number of fused-ring (bicyclic) bond motifs is 6. The second kappa shape index (κ2) is 9.96. The van der Waals surface area contributed by atoms with Crippen molar-refractivity contribution in [3.63, 3.8) is 0 Å². The van der Waals surface area contributed by atoms with Gasteiger partial charge in [0.1, 0.15) is 11.6 Å². The van der Waals surface area contributed by atoms with Gasteiger partial charge in [0.25, 0.3) is 0 Å². The molecular formula is C41H27N3. The van der Waals surface area contributed by atoms with Gasteiger partial charge in [-0.15, -0.1) is 0 Å². The predicted octanol–water partition coefficient (Wildman–Crippen LogP) is 9.53. The van der Waals surface area contributed by atoms with E-state index in [1.165, 1.54) is 55.6 Å². The number of hydrogen-bond donors (Lipinski definition) is 0. The van der Waals surface area contributed by atoms with Gasteiger partial charge in [-0.1, -0.05) is 152 Å². The van der Waals surface area contributed by atoms with Crippen LogP contribution in [0.4, 0.5) is 0 Å².